The van der Waals surface area contributed by atoms with Crippen molar-refractivity contribution in [2.75, 3.05) is 13.1 Å². The van der Waals surface area contributed by atoms with Gasteiger partial charge in [0.05, 0.1) is 0 Å². The van der Waals surface area contributed by atoms with Crippen LogP contribution < -0.4 is 5.32 Å². The molecule has 0 amide bonds. The van der Waals surface area contributed by atoms with Crippen molar-refractivity contribution in [3.05, 3.63) is 34.3 Å². The molecule has 0 aromatic heterocycles. The highest BCUT2D eigenvalue weighted by Gasteiger charge is 2.16. The third-order valence-corrected chi connectivity index (χ3v) is 4.29. The molecular formula is C17H28BrN. The average Bonchev–Trinajstić information content (AvgIpc) is 2.36. The SMILES string of the molecule is CCC(C)C(CNCC(C)C)Cc1cccc(Br)c1. The van der Waals surface area contributed by atoms with E-state index in [1.165, 1.54) is 22.9 Å². The Morgan fingerprint density at radius 3 is 2.47 bits per heavy atom. The maximum absolute atomic E-state index is 3.62. The normalized spacial score (nSPS) is 14.6. The molecule has 1 aromatic rings. The number of hydrogen-bond acceptors (Lipinski definition) is 1. The highest BCUT2D eigenvalue weighted by atomic mass is 79.9. The van der Waals surface area contributed by atoms with Crippen molar-refractivity contribution in [1.29, 1.82) is 0 Å². The standard InChI is InChI=1S/C17H28BrN/c1-5-14(4)16(12-19-11-13(2)3)9-15-7-6-8-17(18)10-15/h6-8,10,13-14,16,19H,5,9,11-12H2,1-4H3. The lowest BCUT2D eigenvalue weighted by Crippen LogP contribution is -2.31. The summed E-state index contributed by atoms with van der Waals surface area (Å²) in [4.78, 5) is 0. The van der Waals surface area contributed by atoms with E-state index in [1.54, 1.807) is 0 Å². The zero-order valence-electron chi connectivity index (χ0n) is 12.7. The molecule has 1 rings (SSSR count). The van der Waals surface area contributed by atoms with Crippen LogP contribution in [0.25, 0.3) is 0 Å². The Hall–Kier alpha value is -0.340. The second-order valence-corrected chi connectivity index (χ2v) is 6.95. The van der Waals surface area contributed by atoms with Crippen molar-refractivity contribution in [1.82, 2.24) is 5.32 Å². The molecule has 1 N–H and O–H groups in total. The first-order chi connectivity index (χ1) is 9.02. The molecule has 0 aliphatic rings. The lowest BCUT2D eigenvalue weighted by Gasteiger charge is -2.24. The summed E-state index contributed by atoms with van der Waals surface area (Å²) in [5.41, 5.74) is 1.44. The van der Waals surface area contributed by atoms with Gasteiger partial charge in [-0.3, -0.25) is 0 Å². The van der Waals surface area contributed by atoms with E-state index in [0.717, 1.165) is 30.8 Å². The minimum absolute atomic E-state index is 0.720. The van der Waals surface area contributed by atoms with Crippen LogP contribution in [0.3, 0.4) is 0 Å². The van der Waals surface area contributed by atoms with Crippen LogP contribution in [0.1, 0.15) is 39.7 Å². The lowest BCUT2D eigenvalue weighted by molar-refractivity contribution is 0.324. The maximum Gasteiger partial charge on any atom is 0.0177 e. The van der Waals surface area contributed by atoms with Crippen molar-refractivity contribution in [2.45, 2.75) is 40.5 Å². The number of hydrogen-bond donors (Lipinski definition) is 1. The van der Waals surface area contributed by atoms with Gasteiger partial charge in [0, 0.05) is 4.47 Å². The first-order valence-electron chi connectivity index (χ1n) is 7.48. The Morgan fingerprint density at radius 1 is 1.16 bits per heavy atom. The van der Waals surface area contributed by atoms with Crippen molar-refractivity contribution < 1.29 is 0 Å². The van der Waals surface area contributed by atoms with Gasteiger partial charge in [0.2, 0.25) is 0 Å². The summed E-state index contributed by atoms with van der Waals surface area (Å²) < 4.78 is 1.18. The molecule has 0 radical (unpaired) electrons. The average molecular weight is 326 g/mol. The predicted octanol–water partition coefficient (Wildman–Crippen LogP) is 4.90. The molecule has 19 heavy (non-hydrogen) atoms. The van der Waals surface area contributed by atoms with E-state index in [0.29, 0.717) is 0 Å². The van der Waals surface area contributed by atoms with Gasteiger partial charge in [-0.15, -0.1) is 0 Å². The van der Waals surface area contributed by atoms with Crippen molar-refractivity contribution in [3.63, 3.8) is 0 Å². The number of rotatable bonds is 8. The van der Waals surface area contributed by atoms with Crippen LogP contribution in [0, 0.1) is 17.8 Å². The summed E-state index contributed by atoms with van der Waals surface area (Å²) in [5.74, 6) is 2.21. The summed E-state index contributed by atoms with van der Waals surface area (Å²) in [6.07, 6.45) is 2.42. The Morgan fingerprint density at radius 2 is 1.89 bits per heavy atom. The molecule has 0 spiro atoms. The summed E-state index contributed by atoms with van der Waals surface area (Å²) in [7, 11) is 0. The molecule has 1 aromatic carbocycles. The third kappa shape index (κ3) is 6.58. The Kier molecular flexibility index (Phi) is 7.70. The molecule has 0 aliphatic carbocycles. The molecular weight excluding hydrogens is 298 g/mol. The molecule has 1 nitrogen and oxygen atoms in total. The van der Waals surface area contributed by atoms with Gasteiger partial charge in [0.25, 0.3) is 0 Å². The smallest absolute Gasteiger partial charge is 0.0177 e. The van der Waals surface area contributed by atoms with E-state index < -0.39 is 0 Å². The monoisotopic (exact) mass is 325 g/mol. The summed E-state index contributed by atoms with van der Waals surface area (Å²) in [5, 5.41) is 3.62. The summed E-state index contributed by atoms with van der Waals surface area (Å²) in [6.45, 7) is 11.4. The van der Waals surface area contributed by atoms with Crippen molar-refractivity contribution >= 4 is 15.9 Å². The van der Waals surface area contributed by atoms with E-state index in [9.17, 15) is 0 Å². The van der Waals surface area contributed by atoms with Gasteiger partial charge in [-0.2, -0.15) is 0 Å². The molecule has 2 unspecified atom stereocenters. The fraction of sp³-hybridized carbons (Fsp3) is 0.647. The zero-order valence-corrected chi connectivity index (χ0v) is 14.3. The fourth-order valence-corrected chi connectivity index (χ4v) is 2.78. The fourth-order valence-electron chi connectivity index (χ4n) is 2.33. The van der Waals surface area contributed by atoms with Crippen molar-refractivity contribution in [3.8, 4) is 0 Å². The van der Waals surface area contributed by atoms with Gasteiger partial charge in [-0.25, -0.2) is 0 Å². The maximum atomic E-state index is 3.62. The minimum Gasteiger partial charge on any atom is -0.316 e. The first kappa shape index (κ1) is 16.7. The van der Waals surface area contributed by atoms with Gasteiger partial charge in [0.15, 0.2) is 0 Å². The van der Waals surface area contributed by atoms with Crippen LogP contribution in [0.2, 0.25) is 0 Å². The van der Waals surface area contributed by atoms with Crippen molar-refractivity contribution in [2.24, 2.45) is 17.8 Å². The van der Waals surface area contributed by atoms with Gasteiger partial charge in [0.1, 0.15) is 0 Å². The molecule has 2 atom stereocenters. The van der Waals surface area contributed by atoms with Gasteiger partial charge >= 0.3 is 0 Å². The molecule has 108 valence electrons. The Balaban J connectivity index is 2.58. The van der Waals surface area contributed by atoms with Gasteiger partial charge < -0.3 is 5.32 Å². The third-order valence-electron chi connectivity index (χ3n) is 3.79. The molecule has 2 heteroatoms. The molecule has 0 saturated heterocycles. The largest absolute Gasteiger partial charge is 0.316 e. The zero-order chi connectivity index (χ0) is 14.3. The lowest BCUT2D eigenvalue weighted by atomic mass is 9.86. The Labute approximate surface area is 127 Å². The molecule has 0 heterocycles. The van der Waals surface area contributed by atoms with Crippen LogP contribution in [-0.2, 0) is 6.42 Å². The van der Waals surface area contributed by atoms with Crippen LogP contribution in [0.4, 0.5) is 0 Å². The highest BCUT2D eigenvalue weighted by molar-refractivity contribution is 9.10. The van der Waals surface area contributed by atoms with Gasteiger partial charge in [-0.1, -0.05) is 62.2 Å². The summed E-state index contributed by atoms with van der Waals surface area (Å²) in [6, 6.07) is 8.72. The molecule has 0 fully saturated rings. The van der Waals surface area contributed by atoms with Gasteiger partial charge in [-0.05, 0) is 55.0 Å². The topological polar surface area (TPSA) is 12.0 Å². The molecule has 0 bridgehead atoms. The second kappa shape index (κ2) is 8.76. The minimum atomic E-state index is 0.720. The van der Waals surface area contributed by atoms with Crippen LogP contribution in [-0.4, -0.2) is 13.1 Å². The van der Waals surface area contributed by atoms with E-state index in [1.807, 2.05) is 0 Å². The molecule has 0 saturated carbocycles. The quantitative estimate of drug-likeness (QED) is 0.716. The van der Waals surface area contributed by atoms with E-state index in [2.05, 4.69) is 73.2 Å². The number of nitrogens with one attached hydrogen (secondary N) is 1. The predicted molar refractivity (Wildman–Crippen MR) is 88.5 cm³/mol. The molecule has 0 aliphatic heterocycles. The summed E-state index contributed by atoms with van der Waals surface area (Å²) >= 11 is 3.56. The second-order valence-electron chi connectivity index (χ2n) is 6.03. The number of halogens is 1. The van der Waals surface area contributed by atoms with Crippen LogP contribution in [0.15, 0.2) is 28.7 Å². The Bertz CT molecular complexity index is 362. The van der Waals surface area contributed by atoms with E-state index >= 15 is 0 Å². The van der Waals surface area contributed by atoms with Crippen LogP contribution >= 0.6 is 15.9 Å². The highest BCUT2D eigenvalue weighted by Crippen LogP contribution is 2.21. The van der Waals surface area contributed by atoms with E-state index in [-0.39, 0.29) is 0 Å². The first-order valence-corrected chi connectivity index (χ1v) is 8.27. The van der Waals surface area contributed by atoms with E-state index in [4.69, 9.17) is 0 Å². The van der Waals surface area contributed by atoms with Crippen LogP contribution in [0.5, 0.6) is 0 Å². The number of benzene rings is 1.